The van der Waals surface area contributed by atoms with Crippen LogP contribution in [-0.2, 0) is 0 Å². The first-order valence-electron chi connectivity index (χ1n) is 8.23. The Bertz CT molecular complexity index is 593. The van der Waals surface area contributed by atoms with E-state index in [0.29, 0.717) is 12.1 Å². The summed E-state index contributed by atoms with van der Waals surface area (Å²) in [7, 11) is 0. The highest BCUT2D eigenvalue weighted by atomic mass is 15.2. The van der Waals surface area contributed by atoms with Crippen molar-refractivity contribution in [2.45, 2.75) is 38.8 Å². The van der Waals surface area contributed by atoms with E-state index < -0.39 is 0 Å². The van der Waals surface area contributed by atoms with Gasteiger partial charge in [-0.1, -0.05) is 43.3 Å². The molecule has 1 fully saturated rings. The molecule has 2 aromatic rings. The molecule has 0 aromatic heterocycles. The number of likely N-dealkylation sites (N-methyl/N-ethyl adjacent to an activating group) is 1. The molecule has 2 atom stereocenters. The predicted molar refractivity (Wildman–Crippen MR) is 90.6 cm³/mol. The Balaban J connectivity index is 1.70. The van der Waals surface area contributed by atoms with Gasteiger partial charge in [0.05, 0.1) is 0 Å². The minimum absolute atomic E-state index is 0.413. The van der Waals surface area contributed by atoms with E-state index in [-0.39, 0.29) is 0 Å². The average Bonchev–Trinajstić information content (AvgIpc) is 2.54. The zero-order valence-electron chi connectivity index (χ0n) is 13.2. The van der Waals surface area contributed by atoms with E-state index in [4.69, 9.17) is 0 Å². The van der Waals surface area contributed by atoms with E-state index in [9.17, 15) is 0 Å². The lowest BCUT2D eigenvalue weighted by Gasteiger charge is -2.34. The topological polar surface area (TPSA) is 15.3 Å². The third-order valence-electron chi connectivity index (χ3n) is 4.71. The van der Waals surface area contributed by atoms with Crippen LogP contribution in [0.5, 0.6) is 0 Å². The largest absolute Gasteiger partial charge is 0.306 e. The van der Waals surface area contributed by atoms with E-state index in [1.807, 2.05) is 0 Å². The van der Waals surface area contributed by atoms with Gasteiger partial charge in [0.2, 0.25) is 0 Å². The van der Waals surface area contributed by atoms with Crippen LogP contribution in [0.1, 0.15) is 38.3 Å². The zero-order chi connectivity index (χ0) is 14.7. The summed E-state index contributed by atoms with van der Waals surface area (Å²) in [6.45, 7) is 8.17. The molecule has 1 aliphatic heterocycles. The van der Waals surface area contributed by atoms with Gasteiger partial charge in [-0.05, 0) is 55.3 Å². The molecule has 2 aromatic carbocycles. The number of fused-ring (bicyclic) bond motifs is 1. The third-order valence-corrected chi connectivity index (χ3v) is 4.71. The highest BCUT2D eigenvalue weighted by Gasteiger charge is 2.20. The van der Waals surface area contributed by atoms with Crippen LogP contribution in [0.2, 0.25) is 0 Å². The molecule has 21 heavy (non-hydrogen) atoms. The zero-order valence-corrected chi connectivity index (χ0v) is 13.2. The summed E-state index contributed by atoms with van der Waals surface area (Å²) in [5, 5.41) is 6.48. The Labute approximate surface area is 128 Å². The molecule has 1 aliphatic rings. The number of nitrogens with one attached hydrogen (secondary N) is 1. The fourth-order valence-electron chi connectivity index (χ4n) is 3.41. The maximum Gasteiger partial charge on any atom is 0.0295 e. The second kappa shape index (κ2) is 6.59. The molecule has 0 aliphatic carbocycles. The number of benzene rings is 2. The smallest absolute Gasteiger partial charge is 0.0295 e. The fourth-order valence-corrected chi connectivity index (χ4v) is 3.41. The van der Waals surface area contributed by atoms with Crippen molar-refractivity contribution >= 4 is 10.8 Å². The van der Waals surface area contributed by atoms with Gasteiger partial charge < -0.3 is 10.2 Å². The van der Waals surface area contributed by atoms with Gasteiger partial charge in [0.1, 0.15) is 0 Å². The van der Waals surface area contributed by atoms with Crippen molar-refractivity contribution in [2.75, 3.05) is 19.6 Å². The summed E-state index contributed by atoms with van der Waals surface area (Å²) >= 11 is 0. The molecule has 1 saturated heterocycles. The minimum Gasteiger partial charge on any atom is -0.306 e. The SMILES string of the molecule is CCN1CCCC(NC(C)c2ccc3ccccc3c2)C1. The summed E-state index contributed by atoms with van der Waals surface area (Å²) < 4.78 is 0. The summed E-state index contributed by atoms with van der Waals surface area (Å²) in [5.74, 6) is 0. The third kappa shape index (κ3) is 3.45. The highest BCUT2D eigenvalue weighted by Crippen LogP contribution is 2.21. The molecule has 2 unspecified atom stereocenters. The van der Waals surface area contributed by atoms with Crippen LogP contribution in [0, 0.1) is 0 Å². The molecule has 0 saturated carbocycles. The number of hydrogen-bond donors (Lipinski definition) is 1. The lowest BCUT2D eigenvalue weighted by Crippen LogP contribution is -2.46. The van der Waals surface area contributed by atoms with Crippen LogP contribution in [0.4, 0.5) is 0 Å². The standard InChI is InChI=1S/C19H26N2/c1-3-21-12-6-9-19(14-21)20-15(2)17-11-10-16-7-4-5-8-18(16)13-17/h4-5,7-8,10-11,13,15,19-20H,3,6,9,12,14H2,1-2H3. The number of hydrogen-bond acceptors (Lipinski definition) is 2. The van der Waals surface area contributed by atoms with Crippen molar-refractivity contribution in [3.63, 3.8) is 0 Å². The number of piperidine rings is 1. The Kier molecular flexibility index (Phi) is 4.57. The lowest BCUT2D eigenvalue weighted by atomic mass is 10.00. The fraction of sp³-hybridized carbons (Fsp3) is 0.474. The average molecular weight is 282 g/mol. The molecular weight excluding hydrogens is 256 g/mol. The first-order valence-corrected chi connectivity index (χ1v) is 8.23. The molecule has 1 N–H and O–H groups in total. The van der Waals surface area contributed by atoms with Crippen molar-refractivity contribution in [3.8, 4) is 0 Å². The number of nitrogens with zero attached hydrogens (tertiary/aromatic N) is 1. The van der Waals surface area contributed by atoms with Crippen molar-refractivity contribution in [1.82, 2.24) is 10.2 Å². The molecule has 2 nitrogen and oxygen atoms in total. The molecule has 112 valence electrons. The molecule has 1 heterocycles. The molecule has 2 heteroatoms. The van der Waals surface area contributed by atoms with Crippen molar-refractivity contribution in [2.24, 2.45) is 0 Å². The Hall–Kier alpha value is -1.38. The van der Waals surface area contributed by atoms with Gasteiger partial charge >= 0.3 is 0 Å². The van der Waals surface area contributed by atoms with Crippen LogP contribution in [0.3, 0.4) is 0 Å². The van der Waals surface area contributed by atoms with Gasteiger partial charge in [-0.2, -0.15) is 0 Å². The van der Waals surface area contributed by atoms with Crippen LogP contribution in [0.15, 0.2) is 42.5 Å². The summed E-state index contributed by atoms with van der Waals surface area (Å²) in [4.78, 5) is 2.55. The quantitative estimate of drug-likeness (QED) is 0.912. The second-order valence-electron chi connectivity index (χ2n) is 6.23. The monoisotopic (exact) mass is 282 g/mol. The maximum atomic E-state index is 3.82. The van der Waals surface area contributed by atoms with Crippen molar-refractivity contribution < 1.29 is 0 Å². The van der Waals surface area contributed by atoms with Crippen LogP contribution in [-0.4, -0.2) is 30.6 Å². The summed E-state index contributed by atoms with van der Waals surface area (Å²) in [5.41, 5.74) is 1.39. The number of likely N-dealkylation sites (tertiary alicyclic amines) is 1. The maximum absolute atomic E-state index is 3.82. The van der Waals surface area contributed by atoms with Gasteiger partial charge in [-0.15, -0.1) is 0 Å². The highest BCUT2D eigenvalue weighted by molar-refractivity contribution is 5.83. The molecule has 3 rings (SSSR count). The van der Waals surface area contributed by atoms with E-state index in [1.165, 1.54) is 48.8 Å². The Morgan fingerprint density at radius 3 is 2.81 bits per heavy atom. The van der Waals surface area contributed by atoms with Crippen molar-refractivity contribution in [3.05, 3.63) is 48.0 Å². The van der Waals surface area contributed by atoms with Gasteiger partial charge in [0.15, 0.2) is 0 Å². The molecule has 0 radical (unpaired) electrons. The lowest BCUT2D eigenvalue weighted by molar-refractivity contribution is 0.192. The van der Waals surface area contributed by atoms with Crippen LogP contribution >= 0.6 is 0 Å². The van der Waals surface area contributed by atoms with Gasteiger partial charge in [0, 0.05) is 18.6 Å². The molecule has 0 bridgehead atoms. The van der Waals surface area contributed by atoms with Gasteiger partial charge in [0.25, 0.3) is 0 Å². The molecular formula is C19H26N2. The predicted octanol–water partition coefficient (Wildman–Crippen LogP) is 3.97. The second-order valence-corrected chi connectivity index (χ2v) is 6.23. The molecule has 0 spiro atoms. The first-order chi connectivity index (χ1) is 10.3. The van der Waals surface area contributed by atoms with Gasteiger partial charge in [-0.25, -0.2) is 0 Å². The minimum atomic E-state index is 0.413. The van der Waals surface area contributed by atoms with E-state index in [1.54, 1.807) is 0 Å². The molecule has 0 amide bonds. The Morgan fingerprint density at radius 2 is 2.00 bits per heavy atom. The van der Waals surface area contributed by atoms with Crippen molar-refractivity contribution in [1.29, 1.82) is 0 Å². The van der Waals surface area contributed by atoms with E-state index in [2.05, 4.69) is 66.5 Å². The first kappa shape index (κ1) is 14.6. The Morgan fingerprint density at radius 1 is 1.19 bits per heavy atom. The summed E-state index contributed by atoms with van der Waals surface area (Å²) in [6, 6.07) is 16.5. The summed E-state index contributed by atoms with van der Waals surface area (Å²) in [6.07, 6.45) is 2.62. The van der Waals surface area contributed by atoms with Crippen LogP contribution < -0.4 is 5.32 Å². The van der Waals surface area contributed by atoms with E-state index in [0.717, 1.165) is 0 Å². The van der Waals surface area contributed by atoms with Gasteiger partial charge in [-0.3, -0.25) is 0 Å². The number of rotatable bonds is 4. The normalized spacial score (nSPS) is 21.5. The van der Waals surface area contributed by atoms with E-state index >= 15 is 0 Å². The van der Waals surface area contributed by atoms with Crippen LogP contribution in [0.25, 0.3) is 10.8 Å².